The predicted molar refractivity (Wildman–Crippen MR) is 109 cm³/mol. The molecule has 1 fully saturated rings. The molecule has 0 aliphatic carbocycles. The molecule has 0 spiro atoms. The van der Waals surface area contributed by atoms with E-state index in [0.29, 0.717) is 13.0 Å². The van der Waals surface area contributed by atoms with Crippen LogP contribution in [0.4, 0.5) is 0 Å². The van der Waals surface area contributed by atoms with E-state index in [1.165, 1.54) is 0 Å². The molecule has 1 N–H and O–H groups in total. The molecule has 2 atom stereocenters. The van der Waals surface area contributed by atoms with Crippen molar-refractivity contribution in [2.45, 2.75) is 45.7 Å². The van der Waals surface area contributed by atoms with Gasteiger partial charge in [-0.15, -0.1) is 0 Å². The Balaban J connectivity index is 1.63. The van der Waals surface area contributed by atoms with Crippen molar-refractivity contribution in [3.63, 3.8) is 0 Å². The molecule has 28 heavy (non-hydrogen) atoms. The van der Waals surface area contributed by atoms with Gasteiger partial charge in [-0.1, -0.05) is 44.2 Å². The number of hydrogen-bond acceptors (Lipinski definition) is 3. The summed E-state index contributed by atoms with van der Waals surface area (Å²) in [4.78, 5) is 26.7. The van der Waals surface area contributed by atoms with Crippen molar-refractivity contribution in [3.05, 3.63) is 60.2 Å². The predicted octanol–water partition coefficient (Wildman–Crippen LogP) is 4.30. The van der Waals surface area contributed by atoms with Gasteiger partial charge in [0, 0.05) is 13.0 Å². The molecule has 0 bridgehead atoms. The van der Waals surface area contributed by atoms with Crippen LogP contribution in [0.1, 0.15) is 45.2 Å². The lowest BCUT2D eigenvalue weighted by Crippen LogP contribution is -2.50. The van der Waals surface area contributed by atoms with Crippen LogP contribution in [0.5, 0.6) is 11.5 Å². The van der Waals surface area contributed by atoms with Gasteiger partial charge in [0.05, 0.1) is 6.04 Å². The number of likely N-dealkylation sites (tertiary alicyclic amines) is 1. The zero-order valence-corrected chi connectivity index (χ0v) is 16.7. The minimum Gasteiger partial charge on any atom is -0.457 e. The van der Waals surface area contributed by atoms with Gasteiger partial charge in [-0.05, 0) is 49.1 Å². The van der Waals surface area contributed by atoms with Crippen LogP contribution in [0.2, 0.25) is 0 Å². The number of hydrogen-bond donors (Lipinski definition) is 1. The minimum atomic E-state index is -0.418. The zero-order valence-electron chi connectivity index (χ0n) is 16.7. The fraction of sp³-hybridized carbons (Fsp3) is 0.391. The molecule has 0 saturated carbocycles. The highest BCUT2D eigenvalue weighted by molar-refractivity contribution is 5.89. The first-order valence-corrected chi connectivity index (χ1v) is 9.88. The fourth-order valence-corrected chi connectivity index (χ4v) is 3.60. The van der Waals surface area contributed by atoms with Crippen LogP contribution in [0.3, 0.4) is 0 Å². The van der Waals surface area contributed by atoms with Crippen molar-refractivity contribution in [1.29, 1.82) is 0 Å². The number of carbonyl (C=O) groups excluding carboxylic acids is 2. The standard InChI is InChI=1S/C23H28N2O3/c1-16(2)22(25-15-7-10-21(25)26)23(27)24-17(3)18-11-13-20(14-12-18)28-19-8-5-4-6-9-19/h4-6,8-9,11-14,16-17,22H,7,10,15H2,1-3H3,(H,24,27). The Hall–Kier alpha value is -2.82. The largest absolute Gasteiger partial charge is 0.457 e. The van der Waals surface area contributed by atoms with Crippen molar-refractivity contribution in [2.75, 3.05) is 6.54 Å². The molecule has 3 rings (SSSR count). The van der Waals surface area contributed by atoms with E-state index in [1.807, 2.05) is 75.4 Å². The lowest BCUT2D eigenvalue weighted by Gasteiger charge is -2.31. The molecular weight excluding hydrogens is 352 g/mol. The molecule has 148 valence electrons. The van der Waals surface area contributed by atoms with E-state index in [0.717, 1.165) is 23.5 Å². The molecule has 5 nitrogen and oxygen atoms in total. The lowest BCUT2D eigenvalue weighted by molar-refractivity contribution is -0.139. The summed E-state index contributed by atoms with van der Waals surface area (Å²) in [5, 5.41) is 3.07. The molecule has 0 aromatic heterocycles. The van der Waals surface area contributed by atoms with E-state index in [4.69, 9.17) is 4.74 Å². The Kier molecular flexibility index (Phi) is 6.34. The van der Waals surface area contributed by atoms with E-state index in [9.17, 15) is 9.59 Å². The Morgan fingerprint density at radius 2 is 1.64 bits per heavy atom. The monoisotopic (exact) mass is 380 g/mol. The Morgan fingerprint density at radius 3 is 2.21 bits per heavy atom. The van der Waals surface area contributed by atoms with Crippen molar-refractivity contribution in [2.24, 2.45) is 5.92 Å². The normalized spacial score (nSPS) is 16.1. The van der Waals surface area contributed by atoms with Crippen LogP contribution < -0.4 is 10.1 Å². The van der Waals surface area contributed by atoms with Crippen LogP contribution in [0.25, 0.3) is 0 Å². The Bertz CT molecular complexity index is 802. The lowest BCUT2D eigenvalue weighted by atomic mass is 10.0. The SMILES string of the molecule is CC(NC(=O)C(C(C)C)N1CCCC1=O)c1ccc(Oc2ccccc2)cc1. The number of benzene rings is 2. The van der Waals surface area contributed by atoms with Gasteiger partial charge in [-0.3, -0.25) is 9.59 Å². The third-order valence-electron chi connectivity index (χ3n) is 5.06. The first-order valence-electron chi connectivity index (χ1n) is 9.88. The second kappa shape index (κ2) is 8.91. The van der Waals surface area contributed by atoms with Crippen molar-refractivity contribution in [3.8, 4) is 11.5 Å². The maximum Gasteiger partial charge on any atom is 0.243 e. The van der Waals surface area contributed by atoms with E-state index in [-0.39, 0.29) is 23.8 Å². The molecule has 1 aliphatic rings. The molecule has 2 amide bonds. The van der Waals surface area contributed by atoms with Crippen LogP contribution in [-0.2, 0) is 9.59 Å². The fourth-order valence-electron chi connectivity index (χ4n) is 3.60. The summed E-state index contributed by atoms with van der Waals surface area (Å²) in [6, 6.07) is 16.7. The Labute approximate surface area is 166 Å². The minimum absolute atomic E-state index is 0.0656. The third-order valence-corrected chi connectivity index (χ3v) is 5.06. The summed E-state index contributed by atoms with van der Waals surface area (Å²) >= 11 is 0. The molecule has 1 heterocycles. The highest BCUT2D eigenvalue weighted by Gasteiger charge is 2.35. The van der Waals surface area contributed by atoms with Gasteiger partial charge in [-0.25, -0.2) is 0 Å². The molecule has 2 aromatic rings. The van der Waals surface area contributed by atoms with E-state index < -0.39 is 6.04 Å². The highest BCUT2D eigenvalue weighted by Crippen LogP contribution is 2.24. The number of amides is 2. The number of nitrogens with one attached hydrogen (secondary N) is 1. The van der Waals surface area contributed by atoms with E-state index in [1.54, 1.807) is 4.90 Å². The number of para-hydroxylation sites is 1. The molecule has 2 aromatic carbocycles. The number of rotatable bonds is 7. The van der Waals surface area contributed by atoms with E-state index >= 15 is 0 Å². The van der Waals surface area contributed by atoms with Gasteiger partial charge in [0.1, 0.15) is 17.5 Å². The number of carbonyl (C=O) groups is 2. The van der Waals surface area contributed by atoms with Crippen molar-refractivity contribution < 1.29 is 14.3 Å². The summed E-state index contributed by atoms with van der Waals surface area (Å²) in [5.74, 6) is 1.57. The van der Waals surface area contributed by atoms with Crippen LogP contribution in [0.15, 0.2) is 54.6 Å². The summed E-state index contributed by atoms with van der Waals surface area (Å²) in [6.07, 6.45) is 1.36. The van der Waals surface area contributed by atoms with Gasteiger partial charge in [0.2, 0.25) is 11.8 Å². The van der Waals surface area contributed by atoms with Gasteiger partial charge in [0.15, 0.2) is 0 Å². The summed E-state index contributed by atoms with van der Waals surface area (Å²) in [6.45, 7) is 6.58. The van der Waals surface area contributed by atoms with Crippen LogP contribution in [-0.4, -0.2) is 29.3 Å². The summed E-state index contributed by atoms with van der Waals surface area (Å²) in [5.41, 5.74) is 0.990. The molecule has 2 unspecified atom stereocenters. The number of nitrogens with zero attached hydrogens (tertiary/aromatic N) is 1. The Morgan fingerprint density at radius 1 is 1.00 bits per heavy atom. The first kappa shape index (κ1) is 19.9. The second-order valence-electron chi connectivity index (χ2n) is 7.59. The average molecular weight is 380 g/mol. The highest BCUT2D eigenvalue weighted by atomic mass is 16.5. The third kappa shape index (κ3) is 4.71. The quantitative estimate of drug-likeness (QED) is 0.779. The second-order valence-corrected chi connectivity index (χ2v) is 7.59. The maximum absolute atomic E-state index is 12.9. The van der Waals surface area contributed by atoms with E-state index in [2.05, 4.69) is 5.32 Å². The summed E-state index contributed by atoms with van der Waals surface area (Å²) < 4.78 is 5.81. The van der Waals surface area contributed by atoms with Gasteiger partial charge >= 0.3 is 0 Å². The molecule has 1 aliphatic heterocycles. The van der Waals surface area contributed by atoms with Gasteiger partial charge < -0.3 is 15.0 Å². The smallest absolute Gasteiger partial charge is 0.243 e. The molecule has 1 saturated heterocycles. The van der Waals surface area contributed by atoms with Crippen molar-refractivity contribution >= 4 is 11.8 Å². The summed E-state index contributed by atoms with van der Waals surface area (Å²) in [7, 11) is 0. The first-order chi connectivity index (χ1) is 13.5. The average Bonchev–Trinajstić information content (AvgIpc) is 3.08. The number of ether oxygens (including phenoxy) is 1. The maximum atomic E-state index is 12.9. The topological polar surface area (TPSA) is 58.6 Å². The molecule has 0 radical (unpaired) electrons. The molecular formula is C23H28N2O3. The van der Waals surface area contributed by atoms with Crippen LogP contribution >= 0.6 is 0 Å². The van der Waals surface area contributed by atoms with Gasteiger partial charge in [0.25, 0.3) is 0 Å². The zero-order chi connectivity index (χ0) is 20.1. The van der Waals surface area contributed by atoms with Crippen molar-refractivity contribution in [1.82, 2.24) is 10.2 Å². The molecule has 5 heteroatoms. The van der Waals surface area contributed by atoms with Gasteiger partial charge in [-0.2, -0.15) is 0 Å². The van der Waals surface area contributed by atoms with Crippen LogP contribution in [0, 0.1) is 5.92 Å².